The molecule has 2 amide bonds. The highest BCUT2D eigenvalue weighted by Gasteiger charge is 2.36. The lowest BCUT2D eigenvalue weighted by Gasteiger charge is -2.28. The molecule has 408 valence electrons. The van der Waals surface area contributed by atoms with Gasteiger partial charge < -0.3 is 40.5 Å². The van der Waals surface area contributed by atoms with E-state index in [4.69, 9.17) is 19.7 Å². The Morgan fingerprint density at radius 1 is 0.425 bits per heavy atom. The van der Waals surface area contributed by atoms with Gasteiger partial charge in [-0.25, -0.2) is 0 Å². The minimum atomic E-state index is -1.43. The number of carboxylic acid groups (broad SMARTS) is 2. The Kier molecular flexibility index (Phi) is 44.3. The third-order valence-corrected chi connectivity index (χ3v) is 10.3. The van der Waals surface area contributed by atoms with Crippen molar-refractivity contribution < 1.29 is 58.7 Å². The average Bonchev–Trinajstić information content (AvgIpc) is 3.35. The largest absolute Gasteiger partial charge is 0.481 e. The first-order valence-electron chi connectivity index (χ1n) is 25.7. The summed E-state index contributed by atoms with van der Waals surface area (Å²) in [5, 5.41) is 42.3. The molecule has 0 unspecified atom stereocenters. The van der Waals surface area contributed by atoms with Crippen molar-refractivity contribution in [1.29, 1.82) is 0 Å². The first kappa shape index (κ1) is 69.0. The number of nitrogens with one attached hydrogen (secondary N) is 2. The van der Waals surface area contributed by atoms with Crippen molar-refractivity contribution in [3.63, 3.8) is 0 Å². The monoisotopic (exact) mass is 1020 g/mol. The summed E-state index contributed by atoms with van der Waals surface area (Å²) in [6.07, 6.45) is 55.2. The van der Waals surface area contributed by atoms with Crippen LogP contribution in [0.25, 0.3) is 0 Å². The van der Waals surface area contributed by atoms with Crippen LogP contribution in [0.2, 0.25) is 0 Å². The first-order chi connectivity index (χ1) is 34.9. The lowest BCUT2D eigenvalue weighted by atomic mass is 9.87. The molecule has 14 nitrogen and oxygen atoms in total. The standard InChI is InChI=1S/C30H45NO6.C29H45NO6/c1-4-5-6-7-8-9-10-11-12-13-14-15-16-17-18-19-20-21-22-27(34)37-25-30(2,3)28(35)29(36)31-24-23-26(32)33;1-4-5-6-7-8-9-10-11-12-13-14-15-16-17-18-19-20-21-26(33)36-24-29(2,3)27(34)28(35)30-23-22-25(31)32/h5-6,8-9,11-12,14-15,17-18,20-21,28,35H,4,7,10,13,16,19,22-25H2,1-3H3,(H,31,36)(H,32,33);5-6,8-9,11-12,14-15,17-18,27,34H,4,7,10,13,16,19-24H2,1-3H3,(H,30,35)(H,31,32)/b6-5-,9-8-,12-11-,15-14-,18-17-,21-20-;6-5-,9-8-,12-11-,15-14-,18-17-/t28-;27-/m00/s1. The lowest BCUT2D eigenvalue weighted by molar-refractivity contribution is -0.153. The molecule has 0 bridgehead atoms. The van der Waals surface area contributed by atoms with E-state index in [0.717, 1.165) is 70.6 Å². The van der Waals surface area contributed by atoms with E-state index in [1.165, 1.54) is 0 Å². The summed E-state index contributed by atoms with van der Waals surface area (Å²) < 4.78 is 10.4. The van der Waals surface area contributed by atoms with Crippen molar-refractivity contribution in [3.05, 3.63) is 134 Å². The van der Waals surface area contributed by atoms with E-state index >= 15 is 0 Å². The SMILES string of the molecule is CC/C=C\C/C=C\C/C=C\C/C=C\C/C=C\C/C=C\CC(=O)OCC(C)(C)[C@@H](O)C(=O)NCCC(=O)O.CC/C=C\C/C=C\C/C=C\C/C=C\C/C=C\CCCC(=O)OCC(C)(C)[C@@H](O)C(=O)NCCC(=O)O. The van der Waals surface area contributed by atoms with Crippen molar-refractivity contribution in [3.8, 4) is 0 Å². The second-order valence-electron chi connectivity index (χ2n) is 18.2. The van der Waals surface area contributed by atoms with Crippen molar-refractivity contribution >= 4 is 35.7 Å². The molecule has 0 aliphatic carbocycles. The molecule has 73 heavy (non-hydrogen) atoms. The molecule has 0 spiro atoms. The number of hydrogen-bond acceptors (Lipinski definition) is 10. The van der Waals surface area contributed by atoms with Crippen LogP contribution >= 0.6 is 0 Å². The average molecular weight is 1020 g/mol. The van der Waals surface area contributed by atoms with Gasteiger partial charge in [-0.1, -0.05) is 175 Å². The Morgan fingerprint density at radius 2 is 0.712 bits per heavy atom. The Hall–Kier alpha value is -6.12. The van der Waals surface area contributed by atoms with Crippen LogP contribution in [-0.4, -0.2) is 94.6 Å². The van der Waals surface area contributed by atoms with E-state index < -0.39 is 52.8 Å². The van der Waals surface area contributed by atoms with Gasteiger partial charge in [0.15, 0.2) is 0 Å². The molecule has 6 N–H and O–H groups in total. The fourth-order valence-electron chi connectivity index (χ4n) is 5.74. The van der Waals surface area contributed by atoms with Crippen LogP contribution in [0.1, 0.15) is 151 Å². The molecule has 0 heterocycles. The number of aliphatic hydroxyl groups is 2. The number of carbonyl (C=O) groups is 6. The number of amides is 2. The van der Waals surface area contributed by atoms with Gasteiger partial charge in [-0.05, 0) is 83.5 Å². The Morgan fingerprint density at radius 3 is 1.03 bits per heavy atom. The van der Waals surface area contributed by atoms with Gasteiger partial charge in [0.2, 0.25) is 11.8 Å². The smallest absolute Gasteiger partial charge is 0.309 e. The lowest BCUT2D eigenvalue weighted by Crippen LogP contribution is -2.46. The van der Waals surface area contributed by atoms with Gasteiger partial charge in [0.25, 0.3) is 0 Å². The van der Waals surface area contributed by atoms with Crippen LogP contribution in [0.3, 0.4) is 0 Å². The molecule has 0 radical (unpaired) electrons. The van der Waals surface area contributed by atoms with Crippen molar-refractivity contribution in [2.24, 2.45) is 10.8 Å². The van der Waals surface area contributed by atoms with Gasteiger partial charge >= 0.3 is 23.9 Å². The summed E-state index contributed by atoms with van der Waals surface area (Å²) >= 11 is 0. The quantitative estimate of drug-likeness (QED) is 0.0191. The van der Waals surface area contributed by atoms with Gasteiger partial charge in [0.05, 0.1) is 32.5 Å². The van der Waals surface area contributed by atoms with Gasteiger partial charge in [-0.2, -0.15) is 0 Å². The Balaban J connectivity index is 0. The summed E-state index contributed by atoms with van der Waals surface area (Å²) in [7, 11) is 0. The molecule has 2 atom stereocenters. The highest BCUT2D eigenvalue weighted by atomic mass is 16.5. The maximum absolute atomic E-state index is 12.0. The number of aliphatic carboxylic acids is 2. The minimum absolute atomic E-state index is 0.0725. The predicted octanol–water partition coefficient (Wildman–Crippen LogP) is 11.0. The third-order valence-electron chi connectivity index (χ3n) is 10.3. The van der Waals surface area contributed by atoms with E-state index in [1.54, 1.807) is 33.8 Å². The number of unbranched alkanes of at least 4 members (excludes halogenated alkanes) is 1. The third kappa shape index (κ3) is 45.5. The van der Waals surface area contributed by atoms with E-state index in [-0.39, 0.29) is 58.0 Å². The first-order valence-corrected chi connectivity index (χ1v) is 25.7. The number of rotatable bonds is 40. The second kappa shape index (κ2) is 46.9. The number of carboxylic acids is 2. The van der Waals surface area contributed by atoms with E-state index in [2.05, 4.69) is 134 Å². The van der Waals surface area contributed by atoms with Crippen LogP contribution in [-0.2, 0) is 38.2 Å². The molecule has 0 aromatic rings. The zero-order valence-electron chi connectivity index (χ0n) is 44.8. The second-order valence-corrected chi connectivity index (χ2v) is 18.2. The zero-order valence-corrected chi connectivity index (χ0v) is 44.8. The minimum Gasteiger partial charge on any atom is -0.481 e. The molecule has 0 aliphatic heterocycles. The molecule has 0 aromatic heterocycles. The fraction of sp³-hybridized carbons (Fsp3) is 0.525. The Bertz CT molecular complexity index is 1880. The summed E-state index contributed by atoms with van der Waals surface area (Å²) in [4.78, 5) is 68.8. The van der Waals surface area contributed by atoms with Crippen LogP contribution in [0.4, 0.5) is 0 Å². The van der Waals surface area contributed by atoms with Gasteiger partial charge in [0, 0.05) is 30.3 Å². The number of esters is 2. The number of aliphatic hydroxyl groups excluding tert-OH is 2. The maximum Gasteiger partial charge on any atom is 0.309 e. The molecule has 0 saturated heterocycles. The molecule has 0 rings (SSSR count). The van der Waals surface area contributed by atoms with Crippen LogP contribution in [0.15, 0.2) is 134 Å². The molecule has 0 saturated carbocycles. The van der Waals surface area contributed by atoms with E-state index in [9.17, 15) is 39.0 Å². The maximum atomic E-state index is 12.0. The number of carbonyl (C=O) groups excluding carboxylic acids is 4. The number of ether oxygens (including phenoxy) is 2. The van der Waals surface area contributed by atoms with E-state index in [0.29, 0.717) is 12.8 Å². The topological polar surface area (TPSA) is 226 Å². The van der Waals surface area contributed by atoms with Gasteiger partial charge in [-0.15, -0.1) is 0 Å². The van der Waals surface area contributed by atoms with Crippen molar-refractivity contribution in [1.82, 2.24) is 10.6 Å². The molecule has 0 aliphatic rings. The van der Waals surface area contributed by atoms with Crippen LogP contribution in [0, 0.1) is 10.8 Å². The predicted molar refractivity (Wildman–Crippen MR) is 293 cm³/mol. The molecule has 0 fully saturated rings. The number of hydrogen-bond donors (Lipinski definition) is 6. The zero-order chi connectivity index (χ0) is 54.9. The Labute approximate surface area is 437 Å². The van der Waals surface area contributed by atoms with Gasteiger partial charge in [0.1, 0.15) is 12.2 Å². The molecule has 14 heteroatoms. The van der Waals surface area contributed by atoms with Crippen molar-refractivity contribution in [2.45, 2.75) is 163 Å². The highest BCUT2D eigenvalue weighted by Crippen LogP contribution is 2.23. The summed E-state index contributed by atoms with van der Waals surface area (Å²) in [6, 6.07) is 0. The van der Waals surface area contributed by atoms with E-state index in [1.807, 2.05) is 18.2 Å². The summed E-state index contributed by atoms with van der Waals surface area (Å²) in [6.45, 7) is 10.3. The summed E-state index contributed by atoms with van der Waals surface area (Å²) in [5.41, 5.74) is -2.01. The molecular weight excluding hydrogens is 929 g/mol. The van der Waals surface area contributed by atoms with Crippen LogP contribution < -0.4 is 10.6 Å². The highest BCUT2D eigenvalue weighted by molar-refractivity contribution is 5.82. The van der Waals surface area contributed by atoms with Gasteiger partial charge in [-0.3, -0.25) is 28.8 Å². The molecular formula is C59H90N2O12. The normalized spacial score (nSPS) is 13.5. The number of allylic oxidation sites excluding steroid dienone is 21. The summed E-state index contributed by atoms with van der Waals surface area (Å²) in [5.74, 6) is -4.30. The van der Waals surface area contributed by atoms with Crippen LogP contribution in [0.5, 0.6) is 0 Å². The van der Waals surface area contributed by atoms with Crippen molar-refractivity contribution in [2.75, 3.05) is 26.3 Å². The fourth-order valence-corrected chi connectivity index (χ4v) is 5.74. The molecule has 0 aromatic carbocycles.